The second kappa shape index (κ2) is 6.62. The number of benzene rings is 1. The third kappa shape index (κ3) is 3.74. The van der Waals surface area contributed by atoms with Gasteiger partial charge in [-0.15, -0.1) is 0 Å². The average Bonchev–Trinajstić information content (AvgIpc) is 3.09. The second-order valence-corrected chi connectivity index (χ2v) is 5.89. The molecule has 0 bridgehead atoms. The molecule has 0 radical (unpaired) electrons. The van der Waals surface area contributed by atoms with Gasteiger partial charge < -0.3 is 4.90 Å². The molecule has 128 valence electrons. The van der Waals surface area contributed by atoms with Gasteiger partial charge in [-0.2, -0.15) is 18.3 Å². The fraction of sp³-hybridized carbons (Fsp3) is 0.438. The quantitative estimate of drug-likeness (QED) is 0.865. The summed E-state index contributed by atoms with van der Waals surface area (Å²) in [6.45, 7) is 1.12. The molecule has 0 aliphatic carbocycles. The van der Waals surface area contributed by atoms with Crippen molar-refractivity contribution in [2.45, 2.75) is 31.5 Å². The van der Waals surface area contributed by atoms with Crippen LogP contribution in [0.15, 0.2) is 36.9 Å². The van der Waals surface area contributed by atoms with Crippen LogP contribution in [0.5, 0.6) is 0 Å². The van der Waals surface area contributed by atoms with Crippen LogP contribution < -0.4 is 0 Å². The molecule has 0 saturated carbocycles. The molecule has 0 unspecified atom stereocenters. The number of piperidine rings is 1. The molecule has 2 aromatic rings. The fourth-order valence-electron chi connectivity index (χ4n) is 2.95. The van der Waals surface area contributed by atoms with Crippen LogP contribution in [0.4, 0.5) is 13.2 Å². The van der Waals surface area contributed by atoms with Gasteiger partial charge in [0.15, 0.2) is 0 Å². The zero-order chi connectivity index (χ0) is 17.2. The maximum absolute atomic E-state index is 12.8. The van der Waals surface area contributed by atoms with Crippen LogP contribution in [-0.2, 0) is 17.4 Å². The third-order valence-corrected chi connectivity index (χ3v) is 4.17. The van der Waals surface area contributed by atoms with E-state index in [1.54, 1.807) is 22.0 Å². The summed E-state index contributed by atoms with van der Waals surface area (Å²) in [5.74, 6) is -0.167. The van der Waals surface area contributed by atoms with E-state index in [-0.39, 0.29) is 18.4 Å². The lowest BCUT2D eigenvalue weighted by atomic mass is 10.0. The Morgan fingerprint density at radius 2 is 2.17 bits per heavy atom. The predicted molar refractivity (Wildman–Crippen MR) is 80.0 cm³/mol. The van der Waals surface area contributed by atoms with Crippen molar-refractivity contribution in [1.29, 1.82) is 0 Å². The monoisotopic (exact) mass is 338 g/mol. The van der Waals surface area contributed by atoms with Crippen LogP contribution in [-0.4, -0.2) is 38.7 Å². The van der Waals surface area contributed by atoms with Crippen LogP contribution in [0.3, 0.4) is 0 Å². The maximum Gasteiger partial charge on any atom is 0.416 e. The Labute approximate surface area is 137 Å². The van der Waals surface area contributed by atoms with E-state index in [9.17, 15) is 18.0 Å². The summed E-state index contributed by atoms with van der Waals surface area (Å²) in [5.41, 5.74) is -0.357. The summed E-state index contributed by atoms with van der Waals surface area (Å²) in [4.78, 5) is 18.0. The molecule has 1 aromatic carbocycles. The van der Waals surface area contributed by atoms with Gasteiger partial charge >= 0.3 is 6.18 Å². The van der Waals surface area contributed by atoms with Gasteiger partial charge in [-0.1, -0.05) is 18.2 Å². The molecule has 0 N–H and O–H groups in total. The minimum Gasteiger partial charge on any atom is -0.340 e. The third-order valence-electron chi connectivity index (χ3n) is 4.17. The molecule has 1 aliphatic heterocycles. The van der Waals surface area contributed by atoms with E-state index >= 15 is 0 Å². The second-order valence-electron chi connectivity index (χ2n) is 5.89. The Balaban J connectivity index is 1.66. The van der Waals surface area contributed by atoms with E-state index in [1.165, 1.54) is 12.4 Å². The Morgan fingerprint density at radius 1 is 1.33 bits per heavy atom. The number of hydrogen-bond donors (Lipinski definition) is 0. The largest absolute Gasteiger partial charge is 0.416 e. The number of carbonyl (C=O) groups is 1. The number of rotatable bonds is 3. The smallest absolute Gasteiger partial charge is 0.340 e. The van der Waals surface area contributed by atoms with Crippen molar-refractivity contribution < 1.29 is 18.0 Å². The first-order chi connectivity index (χ1) is 11.4. The van der Waals surface area contributed by atoms with Gasteiger partial charge in [0, 0.05) is 13.1 Å². The molecule has 1 fully saturated rings. The Kier molecular flexibility index (Phi) is 4.55. The average molecular weight is 338 g/mol. The van der Waals surface area contributed by atoms with E-state index in [1.807, 2.05) is 0 Å². The fourth-order valence-corrected chi connectivity index (χ4v) is 2.95. The van der Waals surface area contributed by atoms with Crippen molar-refractivity contribution in [3.63, 3.8) is 0 Å². The van der Waals surface area contributed by atoms with Crippen molar-refractivity contribution in [3.05, 3.63) is 48.0 Å². The number of hydrogen-bond acceptors (Lipinski definition) is 3. The number of halogens is 3. The molecule has 8 heteroatoms. The normalized spacial score (nSPS) is 18.6. The molecule has 0 spiro atoms. The summed E-state index contributed by atoms with van der Waals surface area (Å²) >= 11 is 0. The molecule has 1 aromatic heterocycles. The van der Waals surface area contributed by atoms with E-state index in [0.717, 1.165) is 25.0 Å². The standard InChI is InChI=1S/C16H17F3N4O/c17-16(18,19)13-4-1-3-12(7-13)8-15(24)22-6-2-5-14(9-22)23-11-20-10-21-23/h1,3-4,7,10-11,14H,2,5-6,8-9H2/t14-/m1/s1. The zero-order valence-electron chi connectivity index (χ0n) is 12.9. The lowest BCUT2D eigenvalue weighted by Crippen LogP contribution is -2.41. The van der Waals surface area contributed by atoms with Gasteiger partial charge in [0.1, 0.15) is 12.7 Å². The summed E-state index contributed by atoms with van der Waals surface area (Å²) in [6, 6.07) is 4.99. The van der Waals surface area contributed by atoms with Gasteiger partial charge in [-0.05, 0) is 24.5 Å². The van der Waals surface area contributed by atoms with Crippen molar-refractivity contribution in [1.82, 2.24) is 19.7 Å². The number of aromatic nitrogens is 3. The molecular weight excluding hydrogens is 321 g/mol. The van der Waals surface area contributed by atoms with E-state index in [2.05, 4.69) is 10.1 Å². The molecule has 3 rings (SSSR count). The molecule has 1 saturated heterocycles. The molecule has 2 heterocycles. The van der Waals surface area contributed by atoms with Crippen LogP contribution in [0.1, 0.15) is 30.0 Å². The van der Waals surface area contributed by atoms with E-state index in [4.69, 9.17) is 0 Å². The highest BCUT2D eigenvalue weighted by molar-refractivity contribution is 5.79. The minimum atomic E-state index is -4.40. The predicted octanol–water partition coefficient (Wildman–Crippen LogP) is 2.70. The van der Waals surface area contributed by atoms with Crippen molar-refractivity contribution in [2.75, 3.05) is 13.1 Å². The minimum absolute atomic E-state index is 0.0337. The SMILES string of the molecule is O=C(Cc1cccc(C(F)(F)F)c1)N1CCC[C@@H](n2cncn2)C1. The van der Waals surface area contributed by atoms with Crippen LogP contribution in [0.2, 0.25) is 0 Å². The summed E-state index contributed by atoms with van der Waals surface area (Å²) in [5, 5.41) is 4.10. The highest BCUT2D eigenvalue weighted by atomic mass is 19.4. The van der Waals surface area contributed by atoms with Crippen molar-refractivity contribution in [3.8, 4) is 0 Å². The van der Waals surface area contributed by atoms with Gasteiger partial charge in [0.05, 0.1) is 18.0 Å². The Bertz CT molecular complexity index is 700. The number of alkyl halides is 3. The molecular formula is C16H17F3N4O. The van der Waals surface area contributed by atoms with Crippen LogP contribution >= 0.6 is 0 Å². The highest BCUT2D eigenvalue weighted by Crippen LogP contribution is 2.30. The topological polar surface area (TPSA) is 51.0 Å². The Hall–Kier alpha value is -2.38. The Morgan fingerprint density at radius 3 is 2.88 bits per heavy atom. The molecule has 1 amide bonds. The molecule has 24 heavy (non-hydrogen) atoms. The molecule has 1 aliphatic rings. The summed E-state index contributed by atoms with van der Waals surface area (Å²) in [6.07, 6.45) is 0.362. The maximum atomic E-state index is 12.8. The van der Waals surface area contributed by atoms with E-state index in [0.29, 0.717) is 18.7 Å². The molecule has 5 nitrogen and oxygen atoms in total. The summed E-state index contributed by atoms with van der Waals surface area (Å²) < 4.78 is 40.0. The van der Waals surface area contributed by atoms with Crippen LogP contribution in [0, 0.1) is 0 Å². The first-order valence-electron chi connectivity index (χ1n) is 7.71. The van der Waals surface area contributed by atoms with Gasteiger partial charge in [-0.25, -0.2) is 9.67 Å². The van der Waals surface area contributed by atoms with E-state index < -0.39 is 11.7 Å². The molecule has 1 atom stereocenters. The first-order valence-corrected chi connectivity index (χ1v) is 7.71. The van der Waals surface area contributed by atoms with Gasteiger partial charge in [-0.3, -0.25) is 4.79 Å². The van der Waals surface area contributed by atoms with Gasteiger partial charge in [0.2, 0.25) is 5.91 Å². The zero-order valence-corrected chi connectivity index (χ0v) is 12.9. The number of nitrogens with zero attached hydrogens (tertiary/aromatic N) is 4. The van der Waals surface area contributed by atoms with Gasteiger partial charge in [0.25, 0.3) is 0 Å². The summed E-state index contributed by atoms with van der Waals surface area (Å²) in [7, 11) is 0. The number of amides is 1. The lowest BCUT2D eigenvalue weighted by molar-refractivity contribution is -0.138. The first kappa shape index (κ1) is 16.5. The van der Waals surface area contributed by atoms with Crippen molar-refractivity contribution >= 4 is 5.91 Å². The van der Waals surface area contributed by atoms with Crippen molar-refractivity contribution in [2.24, 2.45) is 0 Å². The lowest BCUT2D eigenvalue weighted by Gasteiger charge is -2.32. The van der Waals surface area contributed by atoms with Crippen LogP contribution in [0.25, 0.3) is 0 Å². The highest BCUT2D eigenvalue weighted by Gasteiger charge is 2.31. The number of carbonyl (C=O) groups excluding carboxylic acids is 1. The number of likely N-dealkylation sites (tertiary alicyclic amines) is 1.